The molecule has 215 valence electrons. The number of aryl methyl sites for hydroxylation is 1. The molecule has 0 saturated heterocycles. The zero-order valence-electron chi connectivity index (χ0n) is 24.9. The molecule has 0 spiro atoms. The van der Waals surface area contributed by atoms with Crippen LogP contribution in [-0.4, -0.2) is 48.9 Å². The molecule has 4 nitrogen and oxygen atoms in total. The van der Waals surface area contributed by atoms with Crippen LogP contribution in [0.25, 0.3) is 0 Å². The summed E-state index contributed by atoms with van der Waals surface area (Å²) in [7, 11) is -1.59. The van der Waals surface area contributed by atoms with E-state index in [1.165, 1.54) is 113 Å². The van der Waals surface area contributed by atoms with Crippen LogP contribution >= 0.6 is 0 Å². The largest absolute Gasteiger partial charge is 0.424 e. The van der Waals surface area contributed by atoms with Crippen LogP contribution in [0.15, 0.2) is 18.2 Å². The van der Waals surface area contributed by atoms with Crippen molar-refractivity contribution in [1.29, 1.82) is 0 Å². The van der Waals surface area contributed by atoms with Gasteiger partial charge in [-0.15, -0.1) is 0 Å². The first-order valence-electron chi connectivity index (χ1n) is 15.7. The normalized spacial score (nSPS) is 11.6. The number of hydrogen-bond donors (Lipinski definition) is 0. The summed E-state index contributed by atoms with van der Waals surface area (Å²) in [6.07, 6.45) is 21.1. The molecule has 0 aliphatic rings. The van der Waals surface area contributed by atoms with E-state index in [1.807, 2.05) is 13.8 Å². The number of ether oxygens (including phenoxy) is 2. The molecule has 0 saturated carbocycles. The second-order valence-corrected chi connectivity index (χ2v) is 11.8. The van der Waals surface area contributed by atoms with E-state index in [2.05, 4.69) is 32.0 Å². The van der Waals surface area contributed by atoms with Crippen molar-refractivity contribution in [3.05, 3.63) is 29.3 Å². The Kier molecular flexibility index (Phi) is 23.7. The highest BCUT2D eigenvalue weighted by Crippen LogP contribution is 2.18. The molecule has 1 radical (unpaired) electrons. The van der Waals surface area contributed by atoms with Crippen molar-refractivity contribution in [2.24, 2.45) is 0 Å². The van der Waals surface area contributed by atoms with Gasteiger partial charge in [0.2, 0.25) is 0 Å². The Bertz CT molecular complexity index is 613. The number of rotatable bonds is 27. The molecule has 0 N–H and O–H groups in total. The second-order valence-electron chi connectivity index (χ2n) is 10.1. The van der Waals surface area contributed by atoms with E-state index in [-0.39, 0.29) is 0 Å². The average molecular weight is 536 g/mol. The van der Waals surface area contributed by atoms with Crippen LogP contribution in [0.4, 0.5) is 0 Å². The van der Waals surface area contributed by atoms with Gasteiger partial charge in [0.1, 0.15) is 0 Å². The maximum Gasteiger partial charge on any atom is 0.424 e. The molecule has 0 aliphatic heterocycles. The first-order valence-corrected chi connectivity index (χ1v) is 17.0. The lowest BCUT2D eigenvalue weighted by Crippen LogP contribution is -2.41. The van der Waals surface area contributed by atoms with E-state index in [0.29, 0.717) is 39.6 Å². The van der Waals surface area contributed by atoms with E-state index in [0.717, 1.165) is 6.42 Å². The van der Waals surface area contributed by atoms with Crippen LogP contribution in [0.1, 0.15) is 129 Å². The monoisotopic (exact) mass is 535 g/mol. The summed E-state index contributed by atoms with van der Waals surface area (Å²) >= 11 is 0. The molecule has 0 aliphatic carbocycles. The van der Waals surface area contributed by atoms with Gasteiger partial charge in [0.15, 0.2) is 0 Å². The fourth-order valence-electron chi connectivity index (χ4n) is 4.76. The smallest absolute Gasteiger partial charge is 0.387 e. The van der Waals surface area contributed by atoms with Crippen molar-refractivity contribution in [1.82, 2.24) is 0 Å². The van der Waals surface area contributed by atoms with Crippen LogP contribution in [0.5, 0.6) is 0 Å². The molecule has 1 rings (SSSR count). The molecule has 1 aromatic rings. The van der Waals surface area contributed by atoms with Crippen molar-refractivity contribution in [3.8, 4) is 0 Å². The van der Waals surface area contributed by atoms with Crippen molar-refractivity contribution in [3.63, 3.8) is 0 Å². The van der Waals surface area contributed by atoms with Crippen LogP contribution in [0.3, 0.4) is 0 Å². The van der Waals surface area contributed by atoms with Gasteiger partial charge in [-0.25, -0.2) is 0 Å². The maximum absolute atomic E-state index is 6.36. The predicted octanol–water partition coefficient (Wildman–Crippen LogP) is 8.07. The topological polar surface area (TPSA) is 36.9 Å². The summed E-state index contributed by atoms with van der Waals surface area (Å²) in [6.45, 7) is 12.4. The lowest BCUT2D eigenvalue weighted by molar-refractivity contribution is 0.0784. The minimum atomic E-state index is -1.59. The molecule has 0 amide bonds. The third-order valence-electron chi connectivity index (χ3n) is 6.90. The van der Waals surface area contributed by atoms with Crippen molar-refractivity contribution < 1.29 is 18.3 Å². The Balaban J connectivity index is 2.87. The molecule has 0 aromatic heterocycles. The van der Waals surface area contributed by atoms with Gasteiger partial charge < -0.3 is 18.3 Å². The minimum absolute atomic E-state index is 0.579. The highest BCUT2D eigenvalue weighted by molar-refractivity contribution is 6.61. The summed E-state index contributed by atoms with van der Waals surface area (Å²) in [4.78, 5) is 0. The average Bonchev–Trinajstić information content (AvgIpc) is 2.91. The van der Waals surface area contributed by atoms with Crippen LogP contribution < -0.4 is 5.19 Å². The molecule has 0 heterocycles. The van der Waals surface area contributed by atoms with Crippen LogP contribution in [0.2, 0.25) is 0 Å². The highest BCUT2D eigenvalue weighted by atomic mass is 28.3. The molecule has 0 fully saturated rings. The molecule has 0 unspecified atom stereocenters. The molecule has 1 aromatic carbocycles. The van der Waals surface area contributed by atoms with Gasteiger partial charge in [-0.1, -0.05) is 109 Å². The first-order chi connectivity index (χ1) is 18.3. The molecule has 5 heteroatoms. The first kappa shape index (κ1) is 34.3. The Labute approximate surface area is 232 Å². The summed E-state index contributed by atoms with van der Waals surface area (Å²) in [5, 5.41) is 1.31. The summed E-state index contributed by atoms with van der Waals surface area (Å²) < 4.78 is 23.8. The van der Waals surface area contributed by atoms with Crippen molar-refractivity contribution in [2.75, 3.05) is 39.6 Å². The van der Waals surface area contributed by atoms with Crippen molar-refractivity contribution in [2.45, 2.75) is 130 Å². The van der Waals surface area contributed by atoms with Gasteiger partial charge in [0.05, 0.1) is 26.4 Å². The zero-order valence-corrected chi connectivity index (χ0v) is 25.9. The Morgan fingerprint density at radius 3 is 1.54 bits per heavy atom. The number of hydrogen-bond acceptors (Lipinski definition) is 4. The summed E-state index contributed by atoms with van der Waals surface area (Å²) in [6, 6.07) is 6.85. The quantitative estimate of drug-likeness (QED) is 0.0843. The third kappa shape index (κ3) is 17.5. The Morgan fingerprint density at radius 2 is 1.03 bits per heavy atom. The lowest BCUT2D eigenvalue weighted by Gasteiger charge is -2.21. The fourth-order valence-corrected chi connectivity index (χ4v) is 6.46. The lowest BCUT2D eigenvalue weighted by atomic mass is 9.96. The van der Waals surface area contributed by atoms with E-state index in [1.54, 1.807) is 0 Å². The van der Waals surface area contributed by atoms with Gasteiger partial charge in [0, 0.05) is 13.2 Å². The van der Waals surface area contributed by atoms with E-state index >= 15 is 0 Å². The molecular weight excluding hydrogens is 476 g/mol. The zero-order chi connectivity index (χ0) is 26.8. The third-order valence-corrected chi connectivity index (χ3v) is 8.74. The highest BCUT2D eigenvalue weighted by Gasteiger charge is 2.24. The molecule has 37 heavy (non-hydrogen) atoms. The van der Waals surface area contributed by atoms with Crippen LogP contribution in [-0.2, 0) is 31.2 Å². The fraction of sp³-hybridized carbons (Fsp3) is 0.812. The Hall–Kier alpha value is -0.723. The van der Waals surface area contributed by atoms with Crippen LogP contribution in [0, 0.1) is 0 Å². The Morgan fingerprint density at radius 1 is 0.541 bits per heavy atom. The minimum Gasteiger partial charge on any atom is -0.387 e. The number of unbranched alkanes of at least 4 members (excludes halogenated alkanes) is 12. The standard InChI is InChI=1S/C32H59O4Si/c1-5-9-11-13-15-17-19-22-30-23-21-25-32(31(30)24-20-18-16-14-12-10-6-2)37(35-28-26-33-7-3)36-29-27-34-8-4/h21,23,25H,5-20,22,24,26-29H2,1-4H3. The number of benzene rings is 1. The van der Waals surface area contributed by atoms with Gasteiger partial charge in [-0.3, -0.25) is 0 Å². The van der Waals surface area contributed by atoms with Crippen molar-refractivity contribution >= 4 is 14.5 Å². The molecular formula is C32H59O4Si. The molecule has 0 bridgehead atoms. The summed E-state index contributed by atoms with van der Waals surface area (Å²) in [5.74, 6) is 0. The maximum atomic E-state index is 6.36. The second kappa shape index (κ2) is 25.5. The van der Waals surface area contributed by atoms with E-state index in [4.69, 9.17) is 18.3 Å². The van der Waals surface area contributed by atoms with Gasteiger partial charge in [-0.05, 0) is 55.8 Å². The van der Waals surface area contributed by atoms with Gasteiger partial charge >= 0.3 is 9.28 Å². The SMILES string of the molecule is CCCCCCCCCc1cccc([Si](OCCOCC)OCCOCC)c1CCCCCCCCC. The summed E-state index contributed by atoms with van der Waals surface area (Å²) in [5.41, 5.74) is 3.02. The van der Waals surface area contributed by atoms with Gasteiger partial charge in [-0.2, -0.15) is 0 Å². The molecule has 0 atom stereocenters. The van der Waals surface area contributed by atoms with E-state index < -0.39 is 9.28 Å². The van der Waals surface area contributed by atoms with Gasteiger partial charge in [0.25, 0.3) is 0 Å². The predicted molar refractivity (Wildman–Crippen MR) is 160 cm³/mol. The van der Waals surface area contributed by atoms with E-state index in [9.17, 15) is 0 Å².